The van der Waals surface area contributed by atoms with Crippen molar-refractivity contribution in [3.8, 4) is 22.9 Å². The maximum Gasteiger partial charge on any atom is 0.348 e. The van der Waals surface area contributed by atoms with E-state index in [1.807, 2.05) is 0 Å². The number of amides is 1. The molecule has 0 bridgehead atoms. The zero-order valence-corrected chi connectivity index (χ0v) is 23.4. The number of para-hydroxylation sites is 1. The van der Waals surface area contributed by atoms with Gasteiger partial charge in [-0.1, -0.05) is 12.1 Å². The lowest BCUT2D eigenvalue weighted by Crippen LogP contribution is -2.21. The van der Waals surface area contributed by atoms with Crippen LogP contribution in [0.4, 0.5) is 5.69 Å². The maximum atomic E-state index is 13.1. The van der Waals surface area contributed by atoms with E-state index < -0.39 is 23.6 Å². The Morgan fingerprint density at radius 2 is 1.79 bits per heavy atom. The van der Waals surface area contributed by atoms with Crippen LogP contribution in [0.1, 0.15) is 46.7 Å². The molecule has 1 aromatic heterocycles. The second-order valence-electron chi connectivity index (χ2n) is 9.30. The van der Waals surface area contributed by atoms with E-state index in [1.54, 1.807) is 54.6 Å². The summed E-state index contributed by atoms with van der Waals surface area (Å²) < 4.78 is 18.5. The Morgan fingerprint density at radius 1 is 1.12 bits per heavy atom. The molecule has 14 heteroatoms. The quantitative estimate of drug-likeness (QED) is 0.130. The molecule has 5 rings (SSSR count). The number of ether oxygens (including phenoxy) is 3. The van der Waals surface area contributed by atoms with Crippen LogP contribution in [0, 0.1) is 5.41 Å². The van der Waals surface area contributed by atoms with Crippen LogP contribution in [0.3, 0.4) is 0 Å². The minimum absolute atomic E-state index is 0.0538. The molecule has 1 unspecified atom stereocenters. The van der Waals surface area contributed by atoms with Crippen molar-refractivity contribution in [3.05, 3.63) is 93.7 Å². The molecule has 224 valence electrons. The van der Waals surface area contributed by atoms with Crippen LogP contribution in [0.25, 0.3) is 5.69 Å². The molecule has 0 spiro atoms. The van der Waals surface area contributed by atoms with Gasteiger partial charge >= 0.3 is 5.69 Å². The third-order valence-corrected chi connectivity index (χ3v) is 6.20. The number of methoxy groups -OCH3 is 1. The Balaban J connectivity index is 0.000000996. The summed E-state index contributed by atoms with van der Waals surface area (Å²) in [4.78, 5) is 36.9. The molecule has 4 aromatic rings. The highest BCUT2D eigenvalue weighted by Crippen LogP contribution is 2.42. The van der Waals surface area contributed by atoms with Crippen molar-refractivity contribution in [1.29, 1.82) is 5.41 Å². The van der Waals surface area contributed by atoms with Gasteiger partial charge in [-0.3, -0.25) is 20.0 Å². The number of amidine groups is 1. The van der Waals surface area contributed by atoms with Gasteiger partial charge in [-0.15, -0.1) is 5.10 Å². The van der Waals surface area contributed by atoms with Crippen LogP contribution in [0.15, 0.2) is 65.5 Å². The molecule has 0 aliphatic carbocycles. The van der Waals surface area contributed by atoms with Gasteiger partial charge in [0.1, 0.15) is 11.9 Å². The number of fused-ring (bicyclic) bond motifs is 1. The number of aromatic amines is 1. The number of carboxylic acids is 1. The number of aromatic nitrogens is 3. The van der Waals surface area contributed by atoms with Crippen LogP contribution in [0.5, 0.6) is 17.2 Å². The lowest BCUT2D eigenvalue weighted by Gasteiger charge is -2.21. The highest BCUT2D eigenvalue weighted by atomic mass is 16.5. The Morgan fingerprint density at radius 3 is 2.44 bits per heavy atom. The number of aliphatic carboxylic acids is 1. The van der Waals surface area contributed by atoms with E-state index in [0.717, 1.165) is 11.6 Å². The first kappa shape index (κ1) is 30.2. The highest BCUT2D eigenvalue weighted by molar-refractivity contribution is 5.96. The number of benzene rings is 3. The average Bonchev–Trinajstić information content (AvgIpc) is 3.19. The zero-order valence-electron chi connectivity index (χ0n) is 23.4. The molecule has 43 heavy (non-hydrogen) atoms. The summed E-state index contributed by atoms with van der Waals surface area (Å²) in [6.07, 6.45) is 0.717. The summed E-state index contributed by atoms with van der Waals surface area (Å²) >= 11 is 0. The van der Waals surface area contributed by atoms with Gasteiger partial charge in [-0.05, 0) is 54.1 Å². The topological polar surface area (TPSA) is 221 Å². The van der Waals surface area contributed by atoms with E-state index in [4.69, 9.17) is 41.0 Å². The van der Waals surface area contributed by atoms with E-state index >= 15 is 0 Å². The van der Waals surface area contributed by atoms with E-state index in [-0.39, 0.29) is 22.9 Å². The molecule has 0 fully saturated rings. The Kier molecular flexibility index (Phi) is 9.30. The van der Waals surface area contributed by atoms with E-state index in [0.29, 0.717) is 53.7 Å². The number of hydrogen-bond acceptors (Lipinski definition) is 9. The first-order valence-corrected chi connectivity index (χ1v) is 13.1. The lowest BCUT2D eigenvalue weighted by atomic mass is 10.0. The van der Waals surface area contributed by atoms with Crippen LogP contribution < -0.4 is 36.7 Å². The summed E-state index contributed by atoms with van der Waals surface area (Å²) in [5.41, 5.74) is 12.9. The molecule has 1 atom stereocenters. The number of rotatable bonds is 8. The maximum absolute atomic E-state index is 13.1. The number of H-pyrrole nitrogens is 1. The Hall–Kier alpha value is -5.79. The number of nitrogens with zero attached hydrogens (tertiary/aromatic N) is 2. The summed E-state index contributed by atoms with van der Waals surface area (Å²) in [6, 6.07) is 16.3. The van der Waals surface area contributed by atoms with E-state index in [2.05, 4.69) is 15.4 Å². The molecule has 1 amide bonds. The predicted octanol–water partition coefficient (Wildman–Crippen LogP) is 2.41. The van der Waals surface area contributed by atoms with Crippen LogP contribution >= 0.6 is 0 Å². The number of carbonyl (C=O) groups excluding carboxylic acids is 1. The minimum Gasteiger partial charge on any atom is -0.493 e. The summed E-state index contributed by atoms with van der Waals surface area (Å²) in [5.74, 6) is 0.145. The molecule has 2 heterocycles. The first-order valence-electron chi connectivity index (χ1n) is 13.1. The fraction of sp³-hybridized carbons (Fsp3) is 0.207. The molecule has 1 aliphatic rings. The number of primary amides is 1. The Labute approximate surface area is 245 Å². The van der Waals surface area contributed by atoms with Crippen molar-refractivity contribution in [2.45, 2.75) is 19.4 Å². The van der Waals surface area contributed by atoms with Crippen LogP contribution in [-0.4, -0.2) is 57.9 Å². The largest absolute Gasteiger partial charge is 0.493 e. The third kappa shape index (κ3) is 7.11. The van der Waals surface area contributed by atoms with E-state index in [9.17, 15) is 9.59 Å². The molecular weight excluding hydrogens is 558 g/mol. The van der Waals surface area contributed by atoms with Crippen molar-refractivity contribution in [1.82, 2.24) is 14.8 Å². The normalized spacial score (nSPS) is 12.6. The number of hydrogen-bond donors (Lipinski definition) is 6. The van der Waals surface area contributed by atoms with Gasteiger partial charge in [0.15, 0.2) is 17.3 Å². The SMILES string of the molecule is CC(=O)O.COc1cc(C(Nc2ccc(C(=N)N)cc2)c2nn(-c3ccccc3C(N)=O)c(=O)[nH]2)cc2c1OCCCO2. The molecular formula is C29H31N7O7. The molecule has 3 aromatic carbocycles. The molecule has 14 nitrogen and oxygen atoms in total. The highest BCUT2D eigenvalue weighted by Gasteiger charge is 2.26. The molecule has 0 saturated carbocycles. The first-order chi connectivity index (χ1) is 20.6. The lowest BCUT2D eigenvalue weighted by molar-refractivity contribution is -0.134. The number of nitrogen functional groups attached to an aromatic ring is 1. The monoisotopic (exact) mass is 589 g/mol. The summed E-state index contributed by atoms with van der Waals surface area (Å²) in [7, 11) is 1.54. The Bertz CT molecular complexity index is 1690. The van der Waals surface area contributed by atoms with Gasteiger partial charge in [0.2, 0.25) is 5.75 Å². The second-order valence-corrected chi connectivity index (χ2v) is 9.30. The number of nitrogens with one attached hydrogen (secondary N) is 3. The number of nitrogens with two attached hydrogens (primary N) is 2. The predicted molar refractivity (Wildman–Crippen MR) is 158 cm³/mol. The van der Waals surface area contributed by atoms with Gasteiger partial charge in [-0.2, -0.15) is 4.68 Å². The molecule has 0 saturated heterocycles. The van der Waals surface area contributed by atoms with Crippen molar-refractivity contribution in [3.63, 3.8) is 0 Å². The number of carbonyl (C=O) groups is 2. The van der Waals surface area contributed by atoms with Gasteiger partial charge in [0, 0.05) is 24.6 Å². The van der Waals surface area contributed by atoms with Gasteiger partial charge in [0.05, 0.1) is 31.6 Å². The fourth-order valence-corrected chi connectivity index (χ4v) is 4.30. The minimum atomic E-state index is -0.833. The van der Waals surface area contributed by atoms with Crippen LogP contribution in [-0.2, 0) is 4.79 Å². The van der Waals surface area contributed by atoms with E-state index in [1.165, 1.54) is 13.2 Å². The molecule has 0 radical (unpaired) electrons. The molecule has 1 aliphatic heterocycles. The van der Waals surface area contributed by atoms with Crippen molar-refractivity contribution in [2.24, 2.45) is 11.5 Å². The van der Waals surface area contributed by atoms with Crippen molar-refractivity contribution in [2.75, 3.05) is 25.6 Å². The van der Waals surface area contributed by atoms with Gasteiger partial charge < -0.3 is 36.1 Å². The zero-order chi connectivity index (χ0) is 31.1. The number of carboxylic acid groups (broad SMARTS) is 1. The van der Waals surface area contributed by atoms with Crippen molar-refractivity contribution >= 4 is 23.4 Å². The van der Waals surface area contributed by atoms with Gasteiger partial charge in [-0.25, -0.2) is 4.79 Å². The number of anilines is 1. The smallest absolute Gasteiger partial charge is 0.348 e. The van der Waals surface area contributed by atoms with Crippen molar-refractivity contribution < 1.29 is 28.9 Å². The third-order valence-electron chi connectivity index (χ3n) is 6.20. The summed E-state index contributed by atoms with van der Waals surface area (Å²) in [6.45, 7) is 2.05. The fourth-order valence-electron chi connectivity index (χ4n) is 4.30. The second kappa shape index (κ2) is 13.2. The molecule has 8 N–H and O–H groups in total. The van der Waals surface area contributed by atoms with Crippen LogP contribution in [0.2, 0.25) is 0 Å². The average molecular weight is 590 g/mol. The summed E-state index contributed by atoms with van der Waals surface area (Å²) in [5, 5.41) is 23.0. The standard InChI is InChI=1S/C27H27N7O5.C2H4O2/c1-37-20-13-16(14-21-23(20)39-12-4-11-38-21)22(31-17-9-7-15(8-10-17)24(28)29)26-32-27(36)34(33-26)19-6-3-2-5-18(19)25(30)35;1-2(3)4/h2-3,5-10,13-14,22,31H,4,11-12H2,1H3,(H3,28,29)(H2,30,35)(H,32,33,36);1H3,(H,3,4). The van der Waals surface area contributed by atoms with Gasteiger partial charge in [0.25, 0.3) is 11.9 Å².